The molecule has 0 saturated carbocycles. The zero-order valence-electron chi connectivity index (χ0n) is 9.95. The molecule has 0 aliphatic rings. The van der Waals surface area contributed by atoms with Crippen molar-refractivity contribution in [3.63, 3.8) is 0 Å². The summed E-state index contributed by atoms with van der Waals surface area (Å²) in [6.45, 7) is 0.342. The Balaban J connectivity index is 1.98. The van der Waals surface area contributed by atoms with Crippen molar-refractivity contribution < 1.29 is 8.78 Å². The Hall–Kier alpha value is -1.35. The Morgan fingerprint density at radius 2 is 2.05 bits per heavy atom. The molecule has 0 aliphatic carbocycles. The molecule has 98 valence electrons. The van der Waals surface area contributed by atoms with Gasteiger partial charge in [-0.25, -0.2) is 8.78 Å². The largest absolute Gasteiger partial charge is 0.320 e. The molecule has 1 aromatic heterocycles. The molecule has 5 heteroatoms. The second-order valence-corrected chi connectivity index (χ2v) is 5.72. The molecule has 2 N–H and O–H groups in total. The molecule has 1 heterocycles. The van der Waals surface area contributed by atoms with Crippen molar-refractivity contribution in [1.82, 2.24) is 0 Å². The van der Waals surface area contributed by atoms with E-state index in [1.807, 2.05) is 11.4 Å². The van der Waals surface area contributed by atoms with Crippen LogP contribution in [0.25, 0.3) is 0 Å². The van der Waals surface area contributed by atoms with Crippen LogP contribution in [0.1, 0.15) is 10.4 Å². The first-order valence-corrected chi connectivity index (χ1v) is 7.40. The van der Waals surface area contributed by atoms with Gasteiger partial charge in [-0.1, -0.05) is 11.8 Å². The lowest BCUT2D eigenvalue weighted by atomic mass is 10.3. The molecule has 0 unspecified atom stereocenters. The average Bonchev–Trinajstić information content (AvgIpc) is 2.86. The molecule has 0 bridgehead atoms. The van der Waals surface area contributed by atoms with E-state index in [0.717, 1.165) is 16.5 Å². The van der Waals surface area contributed by atoms with Gasteiger partial charge in [0, 0.05) is 26.5 Å². The van der Waals surface area contributed by atoms with Gasteiger partial charge in [-0.2, -0.15) is 0 Å². The van der Waals surface area contributed by atoms with Crippen LogP contribution >= 0.6 is 23.1 Å². The molecule has 2 rings (SSSR count). The fraction of sp³-hybridized carbons (Fsp3) is 0.143. The van der Waals surface area contributed by atoms with Crippen molar-refractivity contribution in [3.05, 3.63) is 51.7 Å². The maximum atomic E-state index is 13.0. The second kappa shape index (κ2) is 6.71. The smallest absolute Gasteiger partial charge is 0.159 e. The molecule has 0 aliphatic heterocycles. The van der Waals surface area contributed by atoms with Gasteiger partial charge < -0.3 is 5.73 Å². The Morgan fingerprint density at radius 1 is 1.21 bits per heavy atom. The van der Waals surface area contributed by atoms with Crippen LogP contribution in [0.15, 0.2) is 34.5 Å². The van der Waals surface area contributed by atoms with Crippen molar-refractivity contribution in [1.29, 1.82) is 0 Å². The number of halogens is 2. The molecule has 0 saturated heterocycles. The quantitative estimate of drug-likeness (QED) is 0.691. The first kappa shape index (κ1) is 14.1. The van der Waals surface area contributed by atoms with E-state index in [2.05, 4.69) is 11.8 Å². The molecule has 1 aromatic carbocycles. The molecule has 1 nitrogen and oxygen atoms in total. The van der Waals surface area contributed by atoms with Crippen LogP contribution in [0, 0.1) is 23.5 Å². The van der Waals surface area contributed by atoms with Gasteiger partial charge >= 0.3 is 0 Å². The number of hydrogen-bond donors (Lipinski definition) is 1. The number of thiophene rings is 1. The summed E-state index contributed by atoms with van der Waals surface area (Å²) in [6, 6.07) is 5.92. The lowest BCUT2D eigenvalue weighted by Crippen LogP contribution is -1.92. The minimum atomic E-state index is -0.820. The lowest BCUT2D eigenvalue weighted by Gasteiger charge is -2.00. The standard InChI is InChI=1S/C14H11F2NS2/c15-13-4-3-11(7-14(13)16)19-9-12-6-10(8-18-12)2-1-5-17/h3-4,6-8H,5,9,17H2. The second-order valence-electron chi connectivity index (χ2n) is 3.67. The van der Waals surface area contributed by atoms with Gasteiger partial charge in [0.15, 0.2) is 11.6 Å². The highest BCUT2D eigenvalue weighted by molar-refractivity contribution is 7.98. The number of nitrogens with two attached hydrogens (primary N) is 1. The van der Waals surface area contributed by atoms with Crippen molar-refractivity contribution in [3.8, 4) is 11.8 Å². The lowest BCUT2D eigenvalue weighted by molar-refractivity contribution is 0.506. The third kappa shape index (κ3) is 4.06. The van der Waals surface area contributed by atoms with Crippen LogP contribution in [0.2, 0.25) is 0 Å². The molecule has 19 heavy (non-hydrogen) atoms. The van der Waals surface area contributed by atoms with E-state index in [1.165, 1.54) is 17.8 Å². The van der Waals surface area contributed by atoms with Gasteiger partial charge in [0.1, 0.15) is 0 Å². The van der Waals surface area contributed by atoms with E-state index in [4.69, 9.17) is 5.73 Å². The third-order valence-corrected chi connectivity index (χ3v) is 4.42. The molecule has 2 aromatic rings. The summed E-state index contributed by atoms with van der Waals surface area (Å²) in [6.07, 6.45) is 0. The van der Waals surface area contributed by atoms with E-state index in [9.17, 15) is 8.78 Å². The number of thioether (sulfide) groups is 1. The molecule has 0 radical (unpaired) electrons. The van der Waals surface area contributed by atoms with Crippen LogP contribution in [0.3, 0.4) is 0 Å². The van der Waals surface area contributed by atoms with Crippen LogP contribution in [0.4, 0.5) is 8.78 Å². The third-order valence-electron chi connectivity index (χ3n) is 2.26. The average molecular weight is 295 g/mol. The van der Waals surface area contributed by atoms with E-state index in [1.54, 1.807) is 17.4 Å². The van der Waals surface area contributed by atoms with Crippen LogP contribution in [-0.2, 0) is 5.75 Å². The van der Waals surface area contributed by atoms with Gasteiger partial charge in [0.05, 0.1) is 6.54 Å². The Morgan fingerprint density at radius 3 is 2.79 bits per heavy atom. The summed E-state index contributed by atoms with van der Waals surface area (Å²) in [7, 11) is 0. The fourth-order valence-corrected chi connectivity index (χ4v) is 3.19. The van der Waals surface area contributed by atoms with Gasteiger partial charge in [0.25, 0.3) is 0 Å². The summed E-state index contributed by atoms with van der Waals surface area (Å²) < 4.78 is 25.8. The Labute approximate surface area is 118 Å². The van der Waals surface area contributed by atoms with E-state index in [-0.39, 0.29) is 0 Å². The first-order chi connectivity index (χ1) is 9.19. The van der Waals surface area contributed by atoms with Crippen molar-refractivity contribution >= 4 is 23.1 Å². The summed E-state index contributed by atoms with van der Waals surface area (Å²) >= 11 is 3.06. The summed E-state index contributed by atoms with van der Waals surface area (Å²) in [4.78, 5) is 1.85. The zero-order chi connectivity index (χ0) is 13.7. The van der Waals surface area contributed by atoms with Crippen molar-refractivity contribution in [2.24, 2.45) is 5.73 Å². The zero-order valence-corrected chi connectivity index (χ0v) is 11.6. The van der Waals surface area contributed by atoms with Crippen molar-refractivity contribution in [2.45, 2.75) is 10.6 Å². The van der Waals surface area contributed by atoms with Gasteiger partial charge in [0.2, 0.25) is 0 Å². The number of rotatable bonds is 3. The topological polar surface area (TPSA) is 26.0 Å². The summed E-state index contributed by atoms with van der Waals surface area (Å²) in [5, 5.41) is 1.96. The van der Waals surface area contributed by atoms with Crippen LogP contribution in [0.5, 0.6) is 0 Å². The highest BCUT2D eigenvalue weighted by Gasteiger charge is 2.04. The fourth-order valence-electron chi connectivity index (χ4n) is 1.40. The minimum Gasteiger partial charge on any atom is -0.320 e. The molecule has 0 amide bonds. The Kier molecular flexibility index (Phi) is 4.97. The number of benzene rings is 1. The van der Waals surface area contributed by atoms with E-state index in [0.29, 0.717) is 17.2 Å². The molecule has 0 spiro atoms. The highest BCUT2D eigenvalue weighted by Crippen LogP contribution is 2.27. The minimum absolute atomic E-state index is 0.342. The summed E-state index contributed by atoms with van der Waals surface area (Å²) in [5.74, 6) is 4.82. The van der Waals surface area contributed by atoms with E-state index >= 15 is 0 Å². The molecular weight excluding hydrogens is 284 g/mol. The monoisotopic (exact) mass is 295 g/mol. The molecule has 0 atom stereocenters. The SMILES string of the molecule is NCC#Cc1csc(CSc2ccc(F)c(F)c2)c1. The maximum Gasteiger partial charge on any atom is 0.159 e. The Bertz CT molecular complexity index is 626. The van der Waals surface area contributed by atoms with Crippen LogP contribution in [-0.4, -0.2) is 6.54 Å². The van der Waals surface area contributed by atoms with Gasteiger partial charge in [-0.3, -0.25) is 0 Å². The summed E-state index contributed by atoms with van der Waals surface area (Å²) in [5.41, 5.74) is 6.24. The molecule has 0 fully saturated rings. The van der Waals surface area contributed by atoms with Crippen LogP contribution < -0.4 is 5.73 Å². The van der Waals surface area contributed by atoms with Crippen molar-refractivity contribution in [2.75, 3.05) is 6.54 Å². The maximum absolute atomic E-state index is 13.0. The predicted molar refractivity (Wildman–Crippen MR) is 76.2 cm³/mol. The highest BCUT2D eigenvalue weighted by atomic mass is 32.2. The van der Waals surface area contributed by atoms with Gasteiger partial charge in [-0.15, -0.1) is 23.1 Å². The first-order valence-electron chi connectivity index (χ1n) is 5.53. The van der Waals surface area contributed by atoms with Gasteiger partial charge in [-0.05, 0) is 24.3 Å². The number of hydrogen-bond acceptors (Lipinski definition) is 3. The molecular formula is C14H11F2NS2. The predicted octanol–water partition coefficient (Wildman–Crippen LogP) is 3.63. The normalized spacial score (nSPS) is 10.1. The van der Waals surface area contributed by atoms with E-state index < -0.39 is 11.6 Å².